The van der Waals surface area contributed by atoms with Gasteiger partial charge in [-0.1, -0.05) is 41.9 Å². The van der Waals surface area contributed by atoms with Crippen LogP contribution in [0.25, 0.3) is 0 Å². The molecule has 0 heterocycles. The summed E-state index contributed by atoms with van der Waals surface area (Å²) in [7, 11) is 0. The van der Waals surface area contributed by atoms with Gasteiger partial charge in [0.05, 0.1) is 5.97 Å². The average molecular weight is 440 g/mol. The molecule has 0 saturated carbocycles. The minimum atomic E-state index is -1.41. The number of halogens is 1. The van der Waals surface area contributed by atoms with Crippen LogP contribution in [0.2, 0.25) is 5.02 Å². The van der Waals surface area contributed by atoms with E-state index in [1.54, 1.807) is 24.3 Å². The summed E-state index contributed by atoms with van der Waals surface area (Å²) in [4.78, 5) is 23.4. The van der Waals surface area contributed by atoms with Crippen molar-refractivity contribution in [3.05, 3.63) is 94.5 Å². The number of hydrogen-bond donors (Lipinski definition) is 2. The van der Waals surface area contributed by atoms with E-state index in [0.29, 0.717) is 23.6 Å². The summed E-state index contributed by atoms with van der Waals surface area (Å²) in [5.74, 6) is -1.20. The normalized spacial score (nSPS) is 10.2. The summed E-state index contributed by atoms with van der Waals surface area (Å²) >= 11 is 10.9. The minimum Gasteiger partial charge on any atom is -0.545 e. The molecular weight excluding hydrogens is 424 g/mol. The van der Waals surface area contributed by atoms with Gasteiger partial charge in [0.2, 0.25) is 0 Å². The fourth-order valence-corrected chi connectivity index (χ4v) is 2.95. The van der Waals surface area contributed by atoms with E-state index < -0.39 is 11.9 Å². The van der Waals surface area contributed by atoms with E-state index in [1.165, 1.54) is 18.2 Å². The molecule has 0 saturated heterocycles. The Morgan fingerprint density at radius 1 is 1.00 bits per heavy atom. The Morgan fingerprint density at radius 2 is 1.70 bits per heavy atom. The van der Waals surface area contributed by atoms with Crippen LogP contribution >= 0.6 is 23.8 Å². The summed E-state index contributed by atoms with van der Waals surface area (Å²) in [6.45, 7) is 0.426. The molecule has 0 atom stereocenters. The Kier molecular flexibility index (Phi) is 7.00. The van der Waals surface area contributed by atoms with Crippen LogP contribution in [0.1, 0.15) is 26.3 Å². The van der Waals surface area contributed by atoms with Crippen molar-refractivity contribution in [2.45, 2.75) is 6.61 Å². The third-order valence-electron chi connectivity index (χ3n) is 4.04. The van der Waals surface area contributed by atoms with Crippen LogP contribution in [0.5, 0.6) is 5.75 Å². The molecule has 0 aromatic heterocycles. The number of carbonyl (C=O) groups is 2. The van der Waals surface area contributed by atoms with Gasteiger partial charge in [-0.15, -0.1) is 0 Å². The highest BCUT2D eigenvalue weighted by Crippen LogP contribution is 2.20. The number of carbonyl (C=O) groups excluding carboxylic acids is 2. The van der Waals surface area contributed by atoms with Crippen LogP contribution in [0.4, 0.5) is 5.69 Å². The first-order chi connectivity index (χ1) is 14.4. The second kappa shape index (κ2) is 9.87. The van der Waals surface area contributed by atoms with Crippen LogP contribution < -0.4 is 20.5 Å². The maximum absolute atomic E-state index is 12.4. The summed E-state index contributed by atoms with van der Waals surface area (Å²) in [5, 5.41) is 16.4. The smallest absolute Gasteiger partial charge is 0.257 e. The number of hydrogen-bond acceptors (Lipinski definition) is 5. The number of thiocarbonyl (C=S) groups is 1. The van der Waals surface area contributed by atoms with E-state index in [2.05, 4.69) is 10.6 Å². The number of carboxylic acid groups (broad SMARTS) is 1. The molecule has 152 valence electrons. The quantitative estimate of drug-likeness (QED) is 0.572. The Hall–Kier alpha value is -3.42. The molecule has 0 unspecified atom stereocenters. The summed E-state index contributed by atoms with van der Waals surface area (Å²) in [5.41, 5.74) is 1.60. The van der Waals surface area contributed by atoms with Gasteiger partial charge in [-0.05, 0) is 60.2 Å². The lowest BCUT2D eigenvalue weighted by Crippen LogP contribution is -2.34. The highest BCUT2D eigenvalue weighted by molar-refractivity contribution is 7.80. The number of aromatic carboxylic acids is 1. The predicted molar refractivity (Wildman–Crippen MR) is 117 cm³/mol. The zero-order chi connectivity index (χ0) is 21.5. The SMILES string of the molecule is O=C(NC(=S)Nc1ccc(Cl)c(C(=O)[O-])c1)c1ccc(OCc2ccccc2)cc1. The van der Waals surface area contributed by atoms with Gasteiger partial charge in [-0.25, -0.2) is 0 Å². The van der Waals surface area contributed by atoms with Gasteiger partial charge in [0.15, 0.2) is 5.11 Å². The zero-order valence-electron chi connectivity index (χ0n) is 15.6. The molecule has 0 fully saturated rings. The van der Waals surface area contributed by atoms with Gasteiger partial charge in [-0.3, -0.25) is 10.1 Å². The molecule has 0 aliphatic heterocycles. The first-order valence-electron chi connectivity index (χ1n) is 8.82. The molecule has 1 amide bonds. The molecule has 0 bridgehead atoms. The Labute approximate surface area is 183 Å². The number of amides is 1. The number of nitrogens with one attached hydrogen (secondary N) is 2. The molecular formula is C22H16ClN2O4S-. The molecule has 0 aliphatic carbocycles. The molecule has 6 nitrogen and oxygen atoms in total. The Bertz CT molecular complexity index is 1070. The maximum atomic E-state index is 12.4. The van der Waals surface area contributed by atoms with Gasteiger partial charge >= 0.3 is 0 Å². The third-order valence-corrected chi connectivity index (χ3v) is 4.57. The number of ether oxygens (including phenoxy) is 1. The topological polar surface area (TPSA) is 90.5 Å². The lowest BCUT2D eigenvalue weighted by atomic mass is 10.2. The molecule has 3 aromatic rings. The second-order valence-electron chi connectivity index (χ2n) is 6.19. The van der Waals surface area contributed by atoms with Gasteiger partial charge in [-0.2, -0.15) is 0 Å². The van der Waals surface area contributed by atoms with Crippen LogP contribution in [-0.2, 0) is 6.61 Å². The van der Waals surface area contributed by atoms with Gasteiger partial charge in [0.1, 0.15) is 12.4 Å². The number of rotatable bonds is 6. The maximum Gasteiger partial charge on any atom is 0.257 e. The molecule has 2 N–H and O–H groups in total. The van der Waals surface area contributed by atoms with Crippen LogP contribution in [0.15, 0.2) is 72.8 Å². The summed E-state index contributed by atoms with van der Waals surface area (Å²) in [6.07, 6.45) is 0. The highest BCUT2D eigenvalue weighted by atomic mass is 35.5. The van der Waals surface area contributed by atoms with Crippen molar-refractivity contribution in [1.29, 1.82) is 0 Å². The van der Waals surface area contributed by atoms with Crippen molar-refractivity contribution < 1.29 is 19.4 Å². The van der Waals surface area contributed by atoms with E-state index in [9.17, 15) is 14.7 Å². The molecule has 30 heavy (non-hydrogen) atoms. The Balaban J connectivity index is 1.55. The van der Waals surface area contributed by atoms with Crippen molar-refractivity contribution in [1.82, 2.24) is 5.32 Å². The molecule has 0 radical (unpaired) electrons. The zero-order valence-corrected chi connectivity index (χ0v) is 17.1. The molecule has 3 aromatic carbocycles. The highest BCUT2D eigenvalue weighted by Gasteiger charge is 2.10. The first-order valence-corrected chi connectivity index (χ1v) is 9.61. The number of benzene rings is 3. The Morgan fingerprint density at radius 3 is 2.37 bits per heavy atom. The van der Waals surface area contributed by atoms with Gasteiger partial charge < -0.3 is 20.0 Å². The van der Waals surface area contributed by atoms with Crippen molar-refractivity contribution in [2.24, 2.45) is 0 Å². The lowest BCUT2D eigenvalue weighted by Gasteiger charge is -2.12. The molecule has 8 heteroatoms. The lowest BCUT2D eigenvalue weighted by molar-refractivity contribution is -0.255. The molecule has 0 aliphatic rings. The van der Waals surface area contributed by atoms with E-state index in [-0.39, 0.29) is 15.7 Å². The second-order valence-corrected chi connectivity index (χ2v) is 7.00. The standard InChI is InChI=1S/C22H17ClN2O4S/c23-19-11-8-16(12-18(19)21(27)28)24-22(30)25-20(26)15-6-9-17(10-7-15)29-13-14-4-2-1-3-5-14/h1-12H,13H2,(H,27,28)(H2,24,25,26,30)/p-1. The average Bonchev–Trinajstić information content (AvgIpc) is 2.74. The van der Waals surface area contributed by atoms with E-state index >= 15 is 0 Å². The van der Waals surface area contributed by atoms with E-state index in [1.807, 2.05) is 30.3 Å². The van der Waals surface area contributed by atoms with Gasteiger partial charge in [0, 0.05) is 21.8 Å². The third kappa shape index (κ3) is 5.79. The van der Waals surface area contributed by atoms with E-state index in [0.717, 1.165) is 5.56 Å². The van der Waals surface area contributed by atoms with Crippen molar-refractivity contribution in [3.8, 4) is 5.75 Å². The van der Waals surface area contributed by atoms with E-state index in [4.69, 9.17) is 28.6 Å². The fourth-order valence-electron chi connectivity index (χ4n) is 2.54. The van der Waals surface area contributed by atoms with Crippen molar-refractivity contribution in [3.63, 3.8) is 0 Å². The largest absolute Gasteiger partial charge is 0.545 e. The monoisotopic (exact) mass is 439 g/mol. The summed E-state index contributed by atoms with van der Waals surface area (Å²) in [6, 6.07) is 20.6. The van der Waals surface area contributed by atoms with Crippen molar-refractivity contribution >= 4 is 46.5 Å². The number of anilines is 1. The predicted octanol–water partition coefficient (Wildman–Crippen LogP) is 3.41. The van der Waals surface area contributed by atoms with Crippen LogP contribution in [0.3, 0.4) is 0 Å². The molecule has 3 rings (SSSR count). The van der Waals surface area contributed by atoms with Crippen LogP contribution in [0, 0.1) is 0 Å². The fraction of sp³-hybridized carbons (Fsp3) is 0.0455. The molecule has 0 spiro atoms. The van der Waals surface area contributed by atoms with Gasteiger partial charge in [0.25, 0.3) is 5.91 Å². The number of carboxylic acids is 1. The van der Waals surface area contributed by atoms with Crippen LogP contribution in [-0.4, -0.2) is 17.0 Å². The summed E-state index contributed by atoms with van der Waals surface area (Å²) < 4.78 is 5.69. The first kappa shape index (κ1) is 21.3. The minimum absolute atomic E-state index is 0.0102. The van der Waals surface area contributed by atoms with Crippen molar-refractivity contribution in [2.75, 3.05) is 5.32 Å².